The van der Waals surface area contributed by atoms with Crippen LogP contribution in [0.5, 0.6) is 0 Å². The van der Waals surface area contributed by atoms with Crippen LogP contribution in [0.1, 0.15) is 12.7 Å². The lowest BCUT2D eigenvalue weighted by atomic mass is 10.2. The third kappa shape index (κ3) is 1.72. The summed E-state index contributed by atoms with van der Waals surface area (Å²) in [6.45, 7) is 1.40. The van der Waals surface area contributed by atoms with Gasteiger partial charge in [-0.05, 0) is 12.1 Å². The van der Waals surface area contributed by atoms with E-state index < -0.39 is 0 Å². The molecule has 0 saturated heterocycles. The maximum Gasteiger partial charge on any atom is 0.187 e. The van der Waals surface area contributed by atoms with E-state index in [-0.39, 0.29) is 11.5 Å². The molecule has 64 valence electrons. The average Bonchev–Trinajstić information content (AvgIpc) is 2.51. The topological polar surface area (TPSA) is 51.8 Å². The maximum absolute atomic E-state index is 11.0. The van der Waals surface area contributed by atoms with Crippen molar-refractivity contribution >= 4 is 11.5 Å². The zero-order valence-electron chi connectivity index (χ0n) is 6.90. The zero-order chi connectivity index (χ0) is 8.97. The number of furan rings is 1. The smallest absolute Gasteiger partial charge is 0.187 e. The summed E-state index contributed by atoms with van der Waals surface area (Å²) in [5.74, 6) is 0.233. The molecule has 0 fully saturated rings. The van der Waals surface area contributed by atoms with Crippen molar-refractivity contribution < 1.29 is 14.0 Å². The van der Waals surface area contributed by atoms with Gasteiger partial charge in [0.05, 0.1) is 6.26 Å². The summed E-state index contributed by atoms with van der Waals surface area (Å²) in [5, 5.41) is 3.54. The lowest BCUT2D eigenvalue weighted by molar-refractivity contribution is -0.111. The van der Waals surface area contributed by atoms with Crippen LogP contribution in [0.3, 0.4) is 0 Å². The SMILES string of the molecule is CO/N=C(\C(C)=O)c1ccco1. The normalized spacial score (nSPS) is 11.3. The summed E-state index contributed by atoms with van der Waals surface area (Å²) < 4.78 is 4.98. The number of hydrogen-bond acceptors (Lipinski definition) is 4. The van der Waals surface area contributed by atoms with E-state index in [0.29, 0.717) is 5.76 Å². The van der Waals surface area contributed by atoms with Gasteiger partial charge in [-0.3, -0.25) is 4.79 Å². The number of nitrogens with zero attached hydrogens (tertiary/aromatic N) is 1. The van der Waals surface area contributed by atoms with Gasteiger partial charge in [0, 0.05) is 6.92 Å². The molecule has 0 spiro atoms. The van der Waals surface area contributed by atoms with Gasteiger partial charge in [0.25, 0.3) is 0 Å². The minimum Gasteiger partial charge on any atom is -0.462 e. The van der Waals surface area contributed by atoms with Crippen molar-refractivity contribution in [3.8, 4) is 0 Å². The second kappa shape index (κ2) is 3.71. The minimum absolute atomic E-state index is 0.188. The van der Waals surface area contributed by atoms with Crippen LogP contribution in [0.25, 0.3) is 0 Å². The number of Topliss-reactive ketones (excluding diaryl/α,β-unsaturated/α-hetero) is 1. The lowest BCUT2D eigenvalue weighted by Crippen LogP contribution is -2.10. The summed E-state index contributed by atoms with van der Waals surface area (Å²) in [4.78, 5) is 15.5. The third-order valence-electron chi connectivity index (χ3n) is 1.27. The Kier molecular flexibility index (Phi) is 2.63. The van der Waals surface area contributed by atoms with Gasteiger partial charge in [-0.2, -0.15) is 0 Å². The van der Waals surface area contributed by atoms with Gasteiger partial charge in [0.2, 0.25) is 0 Å². The molecular formula is C8H9NO3. The Bertz CT molecular complexity index is 287. The van der Waals surface area contributed by atoms with Crippen molar-refractivity contribution in [3.05, 3.63) is 24.2 Å². The molecule has 0 N–H and O–H groups in total. The Morgan fingerprint density at radius 2 is 2.42 bits per heavy atom. The predicted molar refractivity (Wildman–Crippen MR) is 42.9 cm³/mol. The number of oxime groups is 1. The molecule has 1 aromatic rings. The number of ketones is 1. The number of carbonyl (C=O) groups excluding carboxylic acids is 1. The molecule has 12 heavy (non-hydrogen) atoms. The van der Waals surface area contributed by atoms with Crippen LogP contribution < -0.4 is 0 Å². The van der Waals surface area contributed by atoms with E-state index in [1.165, 1.54) is 20.3 Å². The van der Waals surface area contributed by atoms with E-state index in [1.54, 1.807) is 12.1 Å². The third-order valence-corrected chi connectivity index (χ3v) is 1.27. The Morgan fingerprint density at radius 3 is 2.83 bits per heavy atom. The van der Waals surface area contributed by atoms with Crippen LogP contribution in [0.15, 0.2) is 28.0 Å². The quantitative estimate of drug-likeness (QED) is 0.502. The van der Waals surface area contributed by atoms with E-state index in [4.69, 9.17) is 4.42 Å². The van der Waals surface area contributed by atoms with E-state index in [0.717, 1.165) is 0 Å². The lowest BCUT2D eigenvalue weighted by Gasteiger charge is -1.95. The molecule has 0 bridgehead atoms. The summed E-state index contributed by atoms with van der Waals surface area (Å²) in [5.41, 5.74) is 0.197. The Balaban J connectivity index is 2.96. The van der Waals surface area contributed by atoms with Crippen LogP contribution in [0.4, 0.5) is 0 Å². The molecule has 0 aromatic carbocycles. The van der Waals surface area contributed by atoms with E-state index in [1.807, 2.05) is 0 Å². The summed E-state index contributed by atoms with van der Waals surface area (Å²) in [6, 6.07) is 3.34. The van der Waals surface area contributed by atoms with Crippen molar-refractivity contribution in [2.75, 3.05) is 7.11 Å². The molecule has 4 heteroatoms. The molecule has 1 aromatic heterocycles. The van der Waals surface area contributed by atoms with Crippen LogP contribution in [-0.4, -0.2) is 18.6 Å². The maximum atomic E-state index is 11.0. The molecule has 0 saturated carbocycles. The highest BCUT2D eigenvalue weighted by Crippen LogP contribution is 2.03. The molecule has 0 aliphatic rings. The van der Waals surface area contributed by atoms with Gasteiger partial charge in [-0.1, -0.05) is 5.16 Å². The molecule has 0 aliphatic heterocycles. The highest BCUT2D eigenvalue weighted by molar-refractivity contribution is 6.44. The van der Waals surface area contributed by atoms with Crippen molar-refractivity contribution in [2.24, 2.45) is 5.16 Å². The molecule has 0 atom stereocenters. The van der Waals surface area contributed by atoms with Crippen molar-refractivity contribution in [2.45, 2.75) is 6.92 Å². The Hall–Kier alpha value is -1.58. The Labute approximate surface area is 69.8 Å². The first kappa shape index (κ1) is 8.52. The van der Waals surface area contributed by atoms with Crippen LogP contribution in [0, 0.1) is 0 Å². The summed E-state index contributed by atoms with van der Waals surface area (Å²) >= 11 is 0. The molecule has 0 amide bonds. The summed E-state index contributed by atoms with van der Waals surface area (Å²) in [6.07, 6.45) is 1.48. The highest BCUT2D eigenvalue weighted by atomic mass is 16.6. The molecule has 0 unspecified atom stereocenters. The predicted octanol–water partition coefficient (Wildman–Crippen LogP) is 1.22. The van der Waals surface area contributed by atoms with Gasteiger partial charge < -0.3 is 9.25 Å². The first-order valence-corrected chi connectivity index (χ1v) is 3.41. The van der Waals surface area contributed by atoms with Crippen LogP contribution in [0.2, 0.25) is 0 Å². The van der Waals surface area contributed by atoms with E-state index in [9.17, 15) is 4.79 Å². The Morgan fingerprint density at radius 1 is 1.67 bits per heavy atom. The molecule has 4 nitrogen and oxygen atoms in total. The first-order chi connectivity index (χ1) is 5.75. The fraction of sp³-hybridized carbons (Fsp3) is 0.250. The monoisotopic (exact) mass is 167 g/mol. The first-order valence-electron chi connectivity index (χ1n) is 3.41. The standard InChI is InChI=1S/C8H9NO3/c1-6(10)8(9-11-2)7-4-3-5-12-7/h3-5H,1-2H3/b9-8+. The molecular weight excluding hydrogens is 158 g/mol. The average molecular weight is 167 g/mol. The fourth-order valence-electron chi connectivity index (χ4n) is 0.787. The fourth-order valence-corrected chi connectivity index (χ4v) is 0.787. The zero-order valence-corrected chi connectivity index (χ0v) is 6.90. The second-order valence-electron chi connectivity index (χ2n) is 2.16. The minimum atomic E-state index is -0.188. The molecule has 0 radical (unpaired) electrons. The van der Waals surface area contributed by atoms with E-state index >= 15 is 0 Å². The van der Waals surface area contributed by atoms with Crippen molar-refractivity contribution in [1.29, 1.82) is 0 Å². The van der Waals surface area contributed by atoms with Crippen LogP contribution in [-0.2, 0) is 9.63 Å². The molecule has 0 aliphatic carbocycles. The van der Waals surface area contributed by atoms with Crippen LogP contribution >= 0.6 is 0 Å². The largest absolute Gasteiger partial charge is 0.462 e. The van der Waals surface area contributed by atoms with Crippen molar-refractivity contribution in [3.63, 3.8) is 0 Å². The number of hydrogen-bond donors (Lipinski definition) is 0. The van der Waals surface area contributed by atoms with Crippen molar-refractivity contribution in [1.82, 2.24) is 0 Å². The van der Waals surface area contributed by atoms with Gasteiger partial charge in [0.1, 0.15) is 7.11 Å². The van der Waals surface area contributed by atoms with E-state index in [2.05, 4.69) is 9.99 Å². The highest BCUT2D eigenvalue weighted by Gasteiger charge is 2.12. The molecule has 1 heterocycles. The van der Waals surface area contributed by atoms with Gasteiger partial charge >= 0.3 is 0 Å². The number of carbonyl (C=O) groups is 1. The summed E-state index contributed by atoms with van der Waals surface area (Å²) in [7, 11) is 1.38. The molecule has 1 rings (SSSR count). The number of rotatable bonds is 3. The van der Waals surface area contributed by atoms with Gasteiger partial charge in [-0.25, -0.2) is 0 Å². The van der Waals surface area contributed by atoms with Gasteiger partial charge in [0.15, 0.2) is 17.3 Å². The second-order valence-corrected chi connectivity index (χ2v) is 2.16. The van der Waals surface area contributed by atoms with Gasteiger partial charge in [-0.15, -0.1) is 0 Å².